The molecule has 4 heteroatoms. The number of pyridine rings is 1. The van der Waals surface area contributed by atoms with Crippen molar-refractivity contribution in [2.75, 3.05) is 7.11 Å². The van der Waals surface area contributed by atoms with E-state index in [1.807, 2.05) is 6.07 Å². The quantitative estimate of drug-likeness (QED) is 0.588. The number of rotatable bonds is 2. The summed E-state index contributed by atoms with van der Waals surface area (Å²) >= 11 is 3.30. The van der Waals surface area contributed by atoms with E-state index in [1.165, 1.54) is 13.2 Å². The van der Waals surface area contributed by atoms with Crippen molar-refractivity contribution in [3.05, 3.63) is 34.6 Å². The minimum absolute atomic E-state index is 0.387. The number of aromatic nitrogens is 1. The topological polar surface area (TPSA) is 39.2 Å². The third kappa shape index (κ3) is 3.38. The Balaban J connectivity index is 2.74. The molecular formula is C9H8BrNO2. The second kappa shape index (κ2) is 4.77. The van der Waals surface area contributed by atoms with Crippen LogP contribution in [0.5, 0.6) is 0 Å². The summed E-state index contributed by atoms with van der Waals surface area (Å²) in [6.07, 6.45) is 4.58. The number of halogens is 1. The number of carbonyl (C=O) groups is 1. The average Bonchev–Trinajstić information content (AvgIpc) is 2.14. The van der Waals surface area contributed by atoms with Crippen molar-refractivity contribution in [3.8, 4) is 0 Å². The Hall–Kier alpha value is -1.16. The molecule has 1 heterocycles. The molecule has 68 valence electrons. The number of methoxy groups -OCH3 is 1. The molecule has 0 spiro atoms. The molecule has 0 aliphatic heterocycles. The molecule has 0 aliphatic carbocycles. The van der Waals surface area contributed by atoms with Crippen molar-refractivity contribution in [3.63, 3.8) is 0 Å². The Bertz CT molecular complexity index is 336. The van der Waals surface area contributed by atoms with E-state index >= 15 is 0 Å². The van der Waals surface area contributed by atoms with Crippen molar-refractivity contribution < 1.29 is 9.53 Å². The number of hydrogen-bond acceptors (Lipinski definition) is 3. The molecule has 0 amide bonds. The molecule has 0 radical (unpaired) electrons. The van der Waals surface area contributed by atoms with Gasteiger partial charge in [0.05, 0.1) is 12.8 Å². The Morgan fingerprint density at radius 3 is 3.08 bits per heavy atom. The lowest BCUT2D eigenvalue weighted by atomic mass is 10.3. The maximum Gasteiger partial charge on any atom is 0.330 e. The summed E-state index contributed by atoms with van der Waals surface area (Å²) in [5.74, 6) is -0.387. The zero-order valence-electron chi connectivity index (χ0n) is 7.03. The van der Waals surface area contributed by atoms with Crippen LogP contribution in [-0.4, -0.2) is 18.1 Å². The van der Waals surface area contributed by atoms with Crippen molar-refractivity contribution >= 4 is 28.0 Å². The molecule has 0 fully saturated rings. The third-order valence-corrected chi connectivity index (χ3v) is 1.83. The summed E-state index contributed by atoms with van der Waals surface area (Å²) in [5.41, 5.74) is 0.708. The van der Waals surface area contributed by atoms with Gasteiger partial charge in [-0.3, -0.25) is 4.98 Å². The maximum absolute atomic E-state index is 10.7. The second-order valence-corrected chi connectivity index (χ2v) is 3.17. The van der Waals surface area contributed by atoms with Gasteiger partial charge in [0.2, 0.25) is 0 Å². The molecule has 1 rings (SSSR count). The highest BCUT2D eigenvalue weighted by molar-refractivity contribution is 9.10. The Kier molecular flexibility index (Phi) is 3.64. The van der Waals surface area contributed by atoms with Crippen LogP contribution in [0.1, 0.15) is 5.69 Å². The molecule has 0 saturated heterocycles. The van der Waals surface area contributed by atoms with Gasteiger partial charge >= 0.3 is 5.97 Å². The van der Waals surface area contributed by atoms with Gasteiger partial charge in [-0.15, -0.1) is 0 Å². The van der Waals surface area contributed by atoms with Gasteiger partial charge in [0.15, 0.2) is 0 Å². The molecule has 0 aromatic carbocycles. The molecule has 0 atom stereocenters. The minimum Gasteiger partial charge on any atom is -0.466 e. The molecule has 13 heavy (non-hydrogen) atoms. The van der Waals surface area contributed by atoms with Crippen LogP contribution in [0, 0.1) is 0 Å². The van der Waals surface area contributed by atoms with Gasteiger partial charge in [-0.2, -0.15) is 0 Å². The summed E-state index contributed by atoms with van der Waals surface area (Å²) in [7, 11) is 1.33. The van der Waals surface area contributed by atoms with Gasteiger partial charge in [-0.05, 0) is 18.2 Å². The zero-order chi connectivity index (χ0) is 9.68. The molecule has 0 unspecified atom stereocenters. The summed E-state index contributed by atoms with van der Waals surface area (Å²) in [4.78, 5) is 14.7. The van der Waals surface area contributed by atoms with Gasteiger partial charge in [0.25, 0.3) is 0 Å². The van der Waals surface area contributed by atoms with Crippen molar-refractivity contribution in [1.29, 1.82) is 0 Å². The van der Waals surface area contributed by atoms with E-state index in [-0.39, 0.29) is 5.97 Å². The fourth-order valence-corrected chi connectivity index (χ4v) is 1.09. The molecule has 1 aromatic rings. The van der Waals surface area contributed by atoms with Crippen LogP contribution in [0.15, 0.2) is 28.9 Å². The minimum atomic E-state index is -0.387. The molecule has 0 saturated carbocycles. The molecule has 0 bridgehead atoms. The molecule has 1 aromatic heterocycles. The first kappa shape index (κ1) is 9.92. The second-order valence-electron chi connectivity index (χ2n) is 2.26. The van der Waals surface area contributed by atoms with Crippen molar-refractivity contribution in [2.45, 2.75) is 0 Å². The fourth-order valence-electron chi connectivity index (χ4n) is 0.734. The first-order valence-electron chi connectivity index (χ1n) is 3.60. The molecular weight excluding hydrogens is 234 g/mol. The largest absolute Gasteiger partial charge is 0.466 e. The van der Waals surface area contributed by atoms with Crippen LogP contribution < -0.4 is 0 Å². The average molecular weight is 242 g/mol. The first-order chi connectivity index (χ1) is 6.22. The predicted octanol–water partition coefficient (Wildman–Crippen LogP) is 2.03. The SMILES string of the molecule is COC(=O)C=Cc1cc(Br)ccn1. The number of nitrogens with zero attached hydrogens (tertiary/aromatic N) is 1. The van der Waals surface area contributed by atoms with Gasteiger partial charge in [-0.1, -0.05) is 15.9 Å². The number of ether oxygens (including phenoxy) is 1. The Labute approximate surface area is 84.6 Å². The summed E-state index contributed by atoms with van der Waals surface area (Å²) in [6.45, 7) is 0. The number of hydrogen-bond donors (Lipinski definition) is 0. The molecule has 0 N–H and O–H groups in total. The summed E-state index contributed by atoms with van der Waals surface area (Å²) in [5, 5.41) is 0. The van der Waals surface area contributed by atoms with E-state index in [1.54, 1.807) is 18.3 Å². The van der Waals surface area contributed by atoms with Crippen LogP contribution in [-0.2, 0) is 9.53 Å². The molecule has 0 aliphatic rings. The van der Waals surface area contributed by atoms with Gasteiger partial charge in [-0.25, -0.2) is 4.79 Å². The lowest BCUT2D eigenvalue weighted by Crippen LogP contribution is -1.93. The predicted molar refractivity (Wildman–Crippen MR) is 53.0 cm³/mol. The van der Waals surface area contributed by atoms with Crippen molar-refractivity contribution in [1.82, 2.24) is 4.98 Å². The number of carbonyl (C=O) groups excluding carboxylic acids is 1. The number of esters is 1. The van der Waals surface area contributed by atoms with E-state index in [2.05, 4.69) is 25.7 Å². The highest BCUT2D eigenvalue weighted by Crippen LogP contribution is 2.09. The lowest BCUT2D eigenvalue weighted by Gasteiger charge is -1.93. The van der Waals surface area contributed by atoms with E-state index in [0.29, 0.717) is 5.69 Å². The fraction of sp³-hybridized carbons (Fsp3) is 0.111. The zero-order valence-corrected chi connectivity index (χ0v) is 8.61. The monoisotopic (exact) mass is 241 g/mol. The van der Waals surface area contributed by atoms with Crippen LogP contribution in [0.2, 0.25) is 0 Å². The standard InChI is InChI=1S/C9H8BrNO2/c1-13-9(12)3-2-8-6-7(10)4-5-11-8/h2-6H,1H3. The highest BCUT2D eigenvalue weighted by Gasteiger charge is 1.93. The van der Waals surface area contributed by atoms with Crippen molar-refractivity contribution in [2.24, 2.45) is 0 Å². The smallest absolute Gasteiger partial charge is 0.330 e. The third-order valence-electron chi connectivity index (χ3n) is 1.33. The molecule has 3 nitrogen and oxygen atoms in total. The summed E-state index contributed by atoms with van der Waals surface area (Å²) < 4.78 is 5.36. The normalized spacial score (nSPS) is 10.3. The first-order valence-corrected chi connectivity index (χ1v) is 4.39. The highest BCUT2D eigenvalue weighted by atomic mass is 79.9. The van der Waals surface area contributed by atoms with E-state index in [4.69, 9.17) is 0 Å². The van der Waals surface area contributed by atoms with E-state index in [9.17, 15) is 4.79 Å². The van der Waals surface area contributed by atoms with Gasteiger partial charge in [0, 0.05) is 16.7 Å². The van der Waals surface area contributed by atoms with Crippen LogP contribution in [0.3, 0.4) is 0 Å². The van der Waals surface area contributed by atoms with E-state index in [0.717, 1.165) is 4.47 Å². The van der Waals surface area contributed by atoms with Crippen LogP contribution in [0.4, 0.5) is 0 Å². The lowest BCUT2D eigenvalue weighted by molar-refractivity contribution is -0.134. The Morgan fingerprint density at radius 1 is 1.69 bits per heavy atom. The van der Waals surface area contributed by atoms with E-state index < -0.39 is 0 Å². The Morgan fingerprint density at radius 2 is 2.46 bits per heavy atom. The van der Waals surface area contributed by atoms with Gasteiger partial charge < -0.3 is 4.74 Å². The van der Waals surface area contributed by atoms with Crippen LogP contribution >= 0.6 is 15.9 Å². The summed E-state index contributed by atoms with van der Waals surface area (Å²) in [6, 6.07) is 3.62. The maximum atomic E-state index is 10.7. The van der Waals surface area contributed by atoms with Crippen LogP contribution in [0.25, 0.3) is 6.08 Å². The van der Waals surface area contributed by atoms with Gasteiger partial charge in [0.1, 0.15) is 0 Å².